The lowest BCUT2D eigenvalue weighted by atomic mass is 9.71. The van der Waals surface area contributed by atoms with Gasteiger partial charge in [0.05, 0.1) is 0 Å². The second kappa shape index (κ2) is 5.98. The maximum Gasteiger partial charge on any atom is 0.126 e. The molecule has 2 heteroatoms. The SMILES string of the molecule is CCCNC(c1ccc(F)c(C)c1)C1Cc2ccccc21. The average molecular weight is 283 g/mol. The predicted molar refractivity (Wildman–Crippen MR) is 85.1 cm³/mol. The molecule has 0 aliphatic heterocycles. The smallest absolute Gasteiger partial charge is 0.126 e. The van der Waals surface area contributed by atoms with Crippen molar-refractivity contribution in [2.45, 2.75) is 38.6 Å². The second-order valence-electron chi connectivity index (χ2n) is 5.95. The molecule has 1 nitrogen and oxygen atoms in total. The Bertz CT molecular complexity index is 635. The number of hydrogen-bond donors (Lipinski definition) is 1. The van der Waals surface area contributed by atoms with Crippen molar-refractivity contribution in [1.82, 2.24) is 5.32 Å². The first-order valence-corrected chi connectivity index (χ1v) is 7.78. The van der Waals surface area contributed by atoms with Gasteiger partial charge in [-0.05, 0) is 54.6 Å². The van der Waals surface area contributed by atoms with Crippen molar-refractivity contribution in [3.05, 3.63) is 70.5 Å². The third-order valence-corrected chi connectivity index (χ3v) is 4.45. The first-order valence-electron chi connectivity index (χ1n) is 7.78. The summed E-state index contributed by atoms with van der Waals surface area (Å²) in [5.41, 5.74) is 4.81. The Morgan fingerprint density at radius 1 is 1.24 bits per heavy atom. The largest absolute Gasteiger partial charge is 0.309 e. The molecule has 1 N–H and O–H groups in total. The Morgan fingerprint density at radius 3 is 2.76 bits per heavy atom. The molecular weight excluding hydrogens is 261 g/mol. The minimum atomic E-state index is -0.123. The highest BCUT2D eigenvalue weighted by molar-refractivity contribution is 5.43. The lowest BCUT2D eigenvalue weighted by Gasteiger charge is -2.37. The fraction of sp³-hybridized carbons (Fsp3) is 0.368. The van der Waals surface area contributed by atoms with Crippen LogP contribution < -0.4 is 5.32 Å². The number of rotatable bonds is 5. The lowest BCUT2D eigenvalue weighted by Crippen LogP contribution is -2.33. The number of hydrogen-bond acceptors (Lipinski definition) is 1. The predicted octanol–water partition coefficient (Wildman–Crippen LogP) is 4.51. The van der Waals surface area contributed by atoms with Crippen molar-refractivity contribution in [2.75, 3.05) is 6.54 Å². The van der Waals surface area contributed by atoms with E-state index in [0.29, 0.717) is 5.92 Å². The first kappa shape index (κ1) is 14.3. The van der Waals surface area contributed by atoms with Crippen LogP contribution in [0.5, 0.6) is 0 Å². The minimum Gasteiger partial charge on any atom is -0.309 e. The topological polar surface area (TPSA) is 12.0 Å². The van der Waals surface area contributed by atoms with Gasteiger partial charge in [-0.2, -0.15) is 0 Å². The summed E-state index contributed by atoms with van der Waals surface area (Å²) in [6.07, 6.45) is 2.21. The molecule has 0 saturated heterocycles. The highest BCUT2D eigenvalue weighted by Gasteiger charge is 2.33. The van der Waals surface area contributed by atoms with Crippen LogP contribution in [0.25, 0.3) is 0 Å². The Kier molecular flexibility index (Phi) is 4.07. The monoisotopic (exact) mass is 283 g/mol. The van der Waals surface area contributed by atoms with Crippen LogP contribution in [0, 0.1) is 12.7 Å². The Labute approximate surface area is 126 Å². The summed E-state index contributed by atoms with van der Waals surface area (Å²) in [5, 5.41) is 3.65. The highest BCUT2D eigenvalue weighted by atomic mass is 19.1. The molecule has 2 atom stereocenters. The first-order chi connectivity index (χ1) is 10.2. The molecule has 2 aromatic rings. The quantitative estimate of drug-likeness (QED) is 0.851. The molecule has 0 amide bonds. The molecule has 1 aliphatic rings. The number of benzene rings is 2. The van der Waals surface area contributed by atoms with Crippen molar-refractivity contribution >= 4 is 0 Å². The van der Waals surface area contributed by atoms with E-state index in [4.69, 9.17) is 0 Å². The van der Waals surface area contributed by atoms with Gasteiger partial charge in [0.1, 0.15) is 5.82 Å². The van der Waals surface area contributed by atoms with Crippen LogP contribution in [0.4, 0.5) is 4.39 Å². The van der Waals surface area contributed by atoms with Gasteiger partial charge in [0.25, 0.3) is 0 Å². The summed E-state index contributed by atoms with van der Waals surface area (Å²) in [6, 6.07) is 14.4. The molecule has 0 heterocycles. The zero-order valence-corrected chi connectivity index (χ0v) is 12.7. The number of halogens is 1. The maximum atomic E-state index is 13.5. The van der Waals surface area contributed by atoms with Crippen molar-refractivity contribution in [1.29, 1.82) is 0 Å². The van der Waals surface area contributed by atoms with Gasteiger partial charge >= 0.3 is 0 Å². The number of aryl methyl sites for hydroxylation is 1. The molecule has 0 spiro atoms. The molecule has 2 aromatic carbocycles. The van der Waals surface area contributed by atoms with Crippen molar-refractivity contribution in [2.24, 2.45) is 0 Å². The number of fused-ring (bicyclic) bond motifs is 1. The van der Waals surface area contributed by atoms with Crippen LogP contribution in [0.15, 0.2) is 42.5 Å². The molecule has 0 fully saturated rings. The molecule has 0 aromatic heterocycles. The van der Waals surface area contributed by atoms with Crippen LogP contribution in [0.1, 0.15) is 47.6 Å². The van der Waals surface area contributed by atoms with Gasteiger partial charge in [-0.15, -0.1) is 0 Å². The Morgan fingerprint density at radius 2 is 2.05 bits per heavy atom. The van der Waals surface area contributed by atoms with Gasteiger partial charge in [0.15, 0.2) is 0 Å². The fourth-order valence-corrected chi connectivity index (χ4v) is 3.25. The Hall–Kier alpha value is -1.67. The summed E-state index contributed by atoms with van der Waals surface area (Å²) >= 11 is 0. The summed E-state index contributed by atoms with van der Waals surface area (Å²) < 4.78 is 13.5. The van der Waals surface area contributed by atoms with Gasteiger partial charge in [0.2, 0.25) is 0 Å². The third kappa shape index (κ3) is 2.73. The highest BCUT2D eigenvalue weighted by Crippen LogP contribution is 2.43. The lowest BCUT2D eigenvalue weighted by molar-refractivity contribution is 0.411. The zero-order valence-electron chi connectivity index (χ0n) is 12.7. The van der Waals surface area contributed by atoms with E-state index >= 15 is 0 Å². The van der Waals surface area contributed by atoms with Crippen molar-refractivity contribution in [3.8, 4) is 0 Å². The van der Waals surface area contributed by atoms with Gasteiger partial charge in [-0.1, -0.05) is 43.3 Å². The second-order valence-corrected chi connectivity index (χ2v) is 5.95. The molecular formula is C19H22FN. The third-order valence-electron chi connectivity index (χ3n) is 4.45. The molecule has 2 unspecified atom stereocenters. The van der Waals surface area contributed by atoms with E-state index in [1.54, 1.807) is 6.07 Å². The zero-order chi connectivity index (χ0) is 14.8. The van der Waals surface area contributed by atoms with E-state index in [-0.39, 0.29) is 11.9 Å². The maximum absolute atomic E-state index is 13.5. The summed E-state index contributed by atoms with van der Waals surface area (Å²) in [5.74, 6) is 0.375. The molecule has 110 valence electrons. The van der Waals surface area contributed by atoms with E-state index in [1.807, 2.05) is 19.1 Å². The summed E-state index contributed by atoms with van der Waals surface area (Å²) in [4.78, 5) is 0. The number of nitrogens with one attached hydrogen (secondary N) is 1. The molecule has 0 bridgehead atoms. The van der Waals surface area contributed by atoms with E-state index in [2.05, 4.69) is 36.5 Å². The Balaban J connectivity index is 1.90. The van der Waals surface area contributed by atoms with Crippen LogP contribution >= 0.6 is 0 Å². The molecule has 1 aliphatic carbocycles. The molecule has 0 radical (unpaired) electrons. The van der Waals surface area contributed by atoms with E-state index in [0.717, 1.165) is 24.9 Å². The van der Waals surface area contributed by atoms with Crippen LogP contribution in [0.2, 0.25) is 0 Å². The van der Waals surface area contributed by atoms with Crippen LogP contribution in [0.3, 0.4) is 0 Å². The van der Waals surface area contributed by atoms with E-state index in [1.165, 1.54) is 16.7 Å². The normalized spacial score (nSPS) is 18.0. The molecule has 0 saturated carbocycles. The van der Waals surface area contributed by atoms with Gasteiger partial charge < -0.3 is 5.32 Å². The van der Waals surface area contributed by atoms with Crippen molar-refractivity contribution in [3.63, 3.8) is 0 Å². The molecule has 3 rings (SSSR count). The van der Waals surface area contributed by atoms with Crippen molar-refractivity contribution < 1.29 is 4.39 Å². The average Bonchev–Trinajstić information content (AvgIpc) is 2.47. The fourth-order valence-electron chi connectivity index (χ4n) is 3.25. The van der Waals surface area contributed by atoms with Gasteiger partial charge in [-0.3, -0.25) is 0 Å². The van der Waals surface area contributed by atoms with Crippen LogP contribution in [-0.4, -0.2) is 6.54 Å². The van der Waals surface area contributed by atoms with Gasteiger partial charge in [0, 0.05) is 12.0 Å². The van der Waals surface area contributed by atoms with E-state index in [9.17, 15) is 4.39 Å². The standard InChI is InChI=1S/C19H22FN/c1-3-10-21-19(15-8-9-18(20)13(2)11-15)17-12-14-6-4-5-7-16(14)17/h4-9,11,17,19,21H,3,10,12H2,1-2H3. The van der Waals surface area contributed by atoms with Crippen LogP contribution in [-0.2, 0) is 6.42 Å². The molecule has 21 heavy (non-hydrogen) atoms. The summed E-state index contributed by atoms with van der Waals surface area (Å²) in [7, 11) is 0. The summed E-state index contributed by atoms with van der Waals surface area (Å²) in [6.45, 7) is 5.00. The van der Waals surface area contributed by atoms with Gasteiger partial charge in [-0.25, -0.2) is 4.39 Å². The van der Waals surface area contributed by atoms with E-state index < -0.39 is 0 Å². The minimum absolute atomic E-state index is 0.123.